The SMILES string of the molecule is O.O.O.O.O.O.O.O.O=[N+]([O-])[O-].[Al+3]. The molecule has 12 nitrogen and oxygen atoms in total. The van der Waals surface area contributed by atoms with Gasteiger partial charge in [0.05, 0.1) is 5.09 Å². The summed E-state index contributed by atoms with van der Waals surface area (Å²) >= 11 is 0. The van der Waals surface area contributed by atoms with Gasteiger partial charge in [0.25, 0.3) is 0 Å². The van der Waals surface area contributed by atoms with Crippen molar-refractivity contribution in [2.24, 2.45) is 0 Å². The van der Waals surface area contributed by atoms with Crippen LogP contribution in [0.4, 0.5) is 0 Å². The van der Waals surface area contributed by atoms with E-state index in [0.717, 1.165) is 0 Å². The van der Waals surface area contributed by atoms with Crippen LogP contribution in [0, 0.1) is 15.3 Å². The van der Waals surface area contributed by atoms with Gasteiger partial charge < -0.3 is 59.1 Å². The minimum absolute atomic E-state index is 0. The second-order valence-electron chi connectivity index (χ2n) is 0.224. The van der Waals surface area contributed by atoms with Crippen LogP contribution in [0.2, 0.25) is 0 Å². The smallest absolute Gasteiger partial charge is 0.412 e. The Bertz CT molecular complexity index is 33.1. The molecule has 0 heterocycles. The Balaban J connectivity index is -0.00000000125. The van der Waals surface area contributed by atoms with Gasteiger partial charge in [-0.15, -0.1) is 0 Å². The van der Waals surface area contributed by atoms with Gasteiger partial charge >= 0.3 is 17.4 Å². The van der Waals surface area contributed by atoms with E-state index in [4.69, 9.17) is 15.3 Å². The molecule has 0 saturated carbocycles. The molecule has 0 aromatic rings. The molecule has 0 aromatic heterocycles. The summed E-state index contributed by atoms with van der Waals surface area (Å²) in [5.41, 5.74) is 0. The standard InChI is InChI=1S/Al.NO3.8H2O/c;2-1(3)4;;;;;;;;/h;;8*1H2/q+3;-1;;;;;;;;. The summed E-state index contributed by atoms with van der Waals surface area (Å²) in [6, 6.07) is 0. The summed E-state index contributed by atoms with van der Waals surface area (Å²) in [6.07, 6.45) is 0. The van der Waals surface area contributed by atoms with E-state index < -0.39 is 5.09 Å². The third-order valence-electron chi connectivity index (χ3n) is 0. The molecular weight excluding hydrogens is 217 g/mol. The van der Waals surface area contributed by atoms with Crippen LogP contribution in [-0.4, -0.2) is 66.3 Å². The van der Waals surface area contributed by atoms with Crippen molar-refractivity contribution in [2.75, 3.05) is 0 Å². The maximum atomic E-state index is 8.25. The van der Waals surface area contributed by atoms with Gasteiger partial charge in [-0.05, 0) is 0 Å². The zero-order valence-corrected chi connectivity index (χ0v) is 7.40. The largest absolute Gasteiger partial charge is 3.00 e. The Hall–Kier alpha value is -0.588. The minimum Gasteiger partial charge on any atom is -0.412 e. The van der Waals surface area contributed by atoms with Gasteiger partial charge in [-0.1, -0.05) is 0 Å². The van der Waals surface area contributed by atoms with Gasteiger partial charge in [-0.2, -0.15) is 0 Å². The van der Waals surface area contributed by atoms with E-state index in [1.165, 1.54) is 0 Å². The van der Waals surface area contributed by atoms with E-state index in [1.54, 1.807) is 0 Å². The molecule has 0 saturated heterocycles. The van der Waals surface area contributed by atoms with Gasteiger partial charge in [-0.3, -0.25) is 0 Å². The summed E-state index contributed by atoms with van der Waals surface area (Å²) in [6.45, 7) is 0. The molecule has 0 spiro atoms. The average molecular weight is 233 g/mol. The molecule has 0 atom stereocenters. The second-order valence-corrected chi connectivity index (χ2v) is 0.224. The van der Waals surface area contributed by atoms with Crippen LogP contribution >= 0.6 is 0 Å². The van der Waals surface area contributed by atoms with E-state index in [1.807, 2.05) is 0 Å². The molecule has 16 N–H and O–H groups in total. The van der Waals surface area contributed by atoms with Crippen LogP contribution in [0.1, 0.15) is 0 Å². The Morgan fingerprint density at radius 3 is 0.615 bits per heavy atom. The summed E-state index contributed by atoms with van der Waals surface area (Å²) < 4.78 is 0. The van der Waals surface area contributed by atoms with Gasteiger partial charge in [0.1, 0.15) is 0 Å². The average Bonchev–Trinajstić information content (AvgIpc) is 0.811. The fraction of sp³-hybridized carbons (Fsp3) is 0. The number of hydrogen-bond acceptors (Lipinski definition) is 3. The predicted molar refractivity (Wildman–Crippen MR) is 45.0 cm³/mol. The summed E-state index contributed by atoms with van der Waals surface area (Å²) in [7, 11) is 0. The van der Waals surface area contributed by atoms with Crippen molar-refractivity contribution in [3.05, 3.63) is 15.3 Å². The van der Waals surface area contributed by atoms with Crippen molar-refractivity contribution in [1.29, 1.82) is 0 Å². The van der Waals surface area contributed by atoms with Crippen molar-refractivity contribution >= 4 is 17.4 Å². The van der Waals surface area contributed by atoms with Gasteiger partial charge in [0, 0.05) is 0 Å². The van der Waals surface area contributed by atoms with E-state index in [2.05, 4.69) is 0 Å². The van der Waals surface area contributed by atoms with Crippen molar-refractivity contribution in [3.63, 3.8) is 0 Å². The Morgan fingerprint density at radius 1 is 0.615 bits per heavy atom. The molecule has 0 aromatic carbocycles. The number of rotatable bonds is 0. The van der Waals surface area contributed by atoms with E-state index >= 15 is 0 Å². The molecule has 0 amide bonds. The van der Waals surface area contributed by atoms with Crippen molar-refractivity contribution in [2.45, 2.75) is 0 Å². The number of hydrogen-bond donors (Lipinski definition) is 0. The molecule has 0 aliphatic carbocycles. The topological polar surface area (TPSA) is 318 Å². The molecule has 0 unspecified atom stereocenters. The first-order valence-corrected chi connectivity index (χ1v) is 0.548. The van der Waals surface area contributed by atoms with E-state index in [9.17, 15) is 0 Å². The van der Waals surface area contributed by atoms with Crippen LogP contribution in [0.3, 0.4) is 0 Å². The minimum atomic E-state index is -1.75. The fourth-order valence-corrected chi connectivity index (χ4v) is 0. The quantitative estimate of drug-likeness (QED) is 0.223. The molecule has 0 rings (SSSR count). The first kappa shape index (κ1) is 278. The second kappa shape index (κ2) is 213. The Labute approximate surface area is 82.5 Å². The predicted octanol–water partition coefficient (Wildman–Crippen LogP) is -7.22. The normalized spacial score (nSPS) is 1.85. The first-order valence-electron chi connectivity index (χ1n) is 0.548. The van der Waals surface area contributed by atoms with Crippen LogP contribution in [0.15, 0.2) is 0 Å². The third kappa shape index (κ3) is 2930. The van der Waals surface area contributed by atoms with Crippen LogP contribution < -0.4 is 0 Å². The third-order valence-corrected chi connectivity index (χ3v) is 0. The maximum absolute atomic E-state index is 8.25. The van der Waals surface area contributed by atoms with Gasteiger partial charge in [-0.25, -0.2) is 0 Å². The Morgan fingerprint density at radius 2 is 0.615 bits per heavy atom. The zero-order valence-electron chi connectivity index (χ0n) is 6.25. The van der Waals surface area contributed by atoms with Crippen molar-refractivity contribution in [3.8, 4) is 0 Å². The van der Waals surface area contributed by atoms with Crippen molar-refractivity contribution in [1.82, 2.24) is 0 Å². The summed E-state index contributed by atoms with van der Waals surface area (Å²) in [4.78, 5) is 8.25. The molecule has 0 radical (unpaired) electrons. The summed E-state index contributed by atoms with van der Waals surface area (Å²) in [5, 5.41) is 14.8. The molecule has 0 aliphatic rings. The van der Waals surface area contributed by atoms with Crippen molar-refractivity contribution < 1.29 is 48.9 Å². The monoisotopic (exact) mass is 233 g/mol. The molecule has 0 fully saturated rings. The molecule has 0 bridgehead atoms. The van der Waals surface area contributed by atoms with Crippen LogP contribution in [0.5, 0.6) is 0 Å². The maximum Gasteiger partial charge on any atom is 3.00 e. The zero-order chi connectivity index (χ0) is 3.58. The van der Waals surface area contributed by atoms with E-state index in [0.29, 0.717) is 0 Å². The molecule has 0 aliphatic heterocycles. The molecule has 88 valence electrons. The van der Waals surface area contributed by atoms with Crippen LogP contribution in [0.25, 0.3) is 0 Å². The van der Waals surface area contributed by atoms with Gasteiger partial charge in [0.15, 0.2) is 0 Å². The number of nitrogens with zero attached hydrogens (tertiary/aromatic N) is 1. The molecule has 13 heteroatoms. The molecule has 13 heavy (non-hydrogen) atoms. The van der Waals surface area contributed by atoms with Crippen LogP contribution in [-0.2, 0) is 0 Å². The van der Waals surface area contributed by atoms with Gasteiger partial charge in [0.2, 0.25) is 0 Å². The first-order chi connectivity index (χ1) is 1.73. The Kier molecular flexibility index (Phi) is 4540. The molecular formula is H16AlNO11+2. The fourth-order valence-electron chi connectivity index (χ4n) is 0. The van der Waals surface area contributed by atoms with E-state index in [-0.39, 0.29) is 61.2 Å². The summed E-state index contributed by atoms with van der Waals surface area (Å²) in [5.74, 6) is 0.